The van der Waals surface area contributed by atoms with Gasteiger partial charge in [0.15, 0.2) is 0 Å². The van der Waals surface area contributed by atoms with Gasteiger partial charge < -0.3 is 9.47 Å². The first-order valence-corrected chi connectivity index (χ1v) is 7.42. The zero-order chi connectivity index (χ0) is 14.7. The number of methoxy groups -OCH3 is 2. The second-order valence-corrected chi connectivity index (χ2v) is 5.68. The van der Waals surface area contributed by atoms with Crippen molar-refractivity contribution in [3.63, 3.8) is 0 Å². The lowest BCUT2D eigenvalue weighted by Crippen LogP contribution is -2.00. The lowest BCUT2D eigenvalue weighted by molar-refractivity contribution is 0.391. The van der Waals surface area contributed by atoms with Crippen molar-refractivity contribution in [2.75, 3.05) is 14.2 Å². The summed E-state index contributed by atoms with van der Waals surface area (Å²) in [6.07, 6.45) is 0. The zero-order valence-electron chi connectivity index (χ0n) is 11.6. The van der Waals surface area contributed by atoms with Crippen molar-refractivity contribution in [1.82, 2.24) is 0 Å². The van der Waals surface area contributed by atoms with E-state index in [1.807, 2.05) is 43.3 Å². The molecule has 106 valence electrons. The number of hydrogen-bond donors (Lipinski definition) is 0. The molecule has 20 heavy (non-hydrogen) atoms. The summed E-state index contributed by atoms with van der Waals surface area (Å²) in [5.41, 5.74) is 3.09. The maximum Gasteiger partial charge on any atom is 0.127 e. The van der Waals surface area contributed by atoms with Crippen molar-refractivity contribution in [2.24, 2.45) is 0 Å². The van der Waals surface area contributed by atoms with Crippen LogP contribution in [0.5, 0.6) is 11.5 Å². The van der Waals surface area contributed by atoms with Gasteiger partial charge in [-0.15, -0.1) is 11.6 Å². The molecule has 0 bridgehead atoms. The summed E-state index contributed by atoms with van der Waals surface area (Å²) in [4.78, 5) is 0. The quantitative estimate of drug-likeness (QED) is 0.710. The van der Waals surface area contributed by atoms with E-state index >= 15 is 0 Å². The first-order valence-electron chi connectivity index (χ1n) is 6.19. The van der Waals surface area contributed by atoms with Gasteiger partial charge in [0.1, 0.15) is 11.5 Å². The van der Waals surface area contributed by atoms with Crippen LogP contribution in [0.4, 0.5) is 0 Å². The van der Waals surface area contributed by atoms with Gasteiger partial charge in [0.05, 0.1) is 19.6 Å². The van der Waals surface area contributed by atoms with E-state index in [0.717, 1.165) is 32.7 Å². The number of ether oxygens (including phenoxy) is 2. The summed E-state index contributed by atoms with van der Waals surface area (Å²) >= 11 is 10.2. The van der Waals surface area contributed by atoms with Gasteiger partial charge in [0, 0.05) is 16.1 Å². The Hall–Kier alpha value is -1.19. The summed E-state index contributed by atoms with van der Waals surface area (Å²) in [5.74, 6) is 1.47. The van der Waals surface area contributed by atoms with Gasteiger partial charge in [0.25, 0.3) is 0 Å². The fraction of sp³-hybridized carbons (Fsp3) is 0.250. The van der Waals surface area contributed by atoms with Gasteiger partial charge in [0.2, 0.25) is 0 Å². The van der Waals surface area contributed by atoms with E-state index in [4.69, 9.17) is 21.1 Å². The molecule has 0 N–H and O–H groups in total. The molecule has 0 aliphatic carbocycles. The Kier molecular flexibility index (Phi) is 4.95. The SMILES string of the molecule is COc1ccc(C(Cl)c2cccc(C)c2Br)c(OC)c1. The largest absolute Gasteiger partial charge is 0.497 e. The molecule has 0 aromatic heterocycles. The minimum absolute atomic E-state index is 0.287. The molecule has 2 aromatic carbocycles. The molecule has 0 aliphatic heterocycles. The van der Waals surface area contributed by atoms with Crippen LogP contribution in [0.25, 0.3) is 0 Å². The Bertz CT molecular complexity index is 613. The van der Waals surface area contributed by atoms with Crippen LogP contribution in [0.15, 0.2) is 40.9 Å². The molecule has 0 saturated heterocycles. The van der Waals surface area contributed by atoms with Crippen LogP contribution in [-0.4, -0.2) is 14.2 Å². The molecule has 0 heterocycles. The number of halogens is 2. The van der Waals surface area contributed by atoms with Gasteiger partial charge in [-0.05, 0) is 30.2 Å². The van der Waals surface area contributed by atoms with E-state index in [9.17, 15) is 0 Å². The minimum Gasteiger partial charge on any atom is -0.497 e. The maximum atomic E-state index is 6.64. The summed E-state index contributed by atoms with van der Waals surface area (Å²) in [7, 11) is 3.26. The summed E-state index contributed by atoms with van der Waals surface area (Å²) < 4.78 is 11.7. The lowest BCUT2D eigenvalue weighted by Gasteiger charge is -2.17. The van der Waals surface area contributed by atoms with E-state index in [1.54, 1.807) is 14.2 Å². The average Bonchev–Trinajstić information content (AvgIpc) is 2.48. The zero-order valence-corrected chi connectivity index (χ0v) is 14.0. The Labute approximate surface area is 132 Å². The van der Waals surface area contributed by atoms with E-state index in [2.05, 4.69) is 15.9 Å². The Morgan fingerprint density at radius 1 is 1.05 bits per heavy atom. The number of alkyl halides is 1. The topological polar surface area (TPSA) is 18.5 Å². The highest BCUT2D eigenvalue weighted by atomic mass is 79.9. The van der Waals surface area contributed by atoms with Crippen molar-refractivity contribution < 1.29 is 9.47 Å². The molecule has 1 atom stereocenters. The fourth-order valence-electron chi connectivity index (χ4n) is 2.06. The highest BCUT2D eigenvalue weighted by Crippen LogP contribution is 2.40. The van der Waals surface area contributed by atoms with E-state index in [-0.39, 0.29) is 5.38 Å². The maximum absolute atomic E-state index is 6.64. The van der Waals surface area contributed by atoms with Gasteiger partial charge in [-0.2, -0.15) is 0 Å². The molecular weight excluding hydrogens is 340 g/mol. The minimum atomic E-state index is -0.287. The predicted molar refractivity (Wildman–Crippen MR) is 86.1 cm³/mol. The summed E-state index contributed by atoms with van der Waals surface area (Å²) in [6.45, 7) is 2.04. The van der Waals surface area contributed by atoms with Crippen molar-refractivity contribution >= 4 is 27.5 Å². The molecule has 4 heteroatoms. The molecule has 0 saturated carbocycles. The molecule has 0 radical (unpaired) electrons. The van der Waals surface area contributed by atoms with Crippen LogP contribution in [-0.2, 0) is 0 Å². The number of rotatable bonds is 4. The van der Waals surface area contributed by atoms with Crippen LogP contribution in [0.2, 0.25) is 0 Å². The molecule has 0 spiro atoms. The molecule has 2 aromatic rings. The second kappa shape index (κ2) is 6.51. The monoisotopic (exact) mass is 354 g/mol. The van der Waals surface area contributed by atoms with Crippen LogP contribution in [0, 0.1) is 6.92 Å². The molecule has 2 nitrogen and oxygen atoms in total. The van der Waals surface area contributed by atoms with E-state index in [0.29, 0.717) is 0 Å². The number of hydrogen-bond acceptors (Lipinski definition) is 2. The van der Waals surface area contributed by atoms with Gasteiger partial charge >= 0.3 is 0 Å². The fourth-order valence-corrected chi connectivity index (χ4v) is 3.05. The van der Waals surface area contributed by atoms with Crippen LogP contribution >= 0.6 is 27.5 Å². The van der Waals surface area contributed by atoms with E-state index < -0.39 is 0 Å². The third kappa shape index (κ3) is 2.94. The van der Waals surface area contributed by atoms with Crippen molar-refractivity contribution in [3.8, 4) is 11.5 Å². The second-order valence-electron chi connectivity index (χ2n) is 4.45. The van der Waals surface area contributed by atoms with Gasteiger partial charge in [-0.1, -0.05) is 34.1 Å². The smallest absolute Gasteiger partial charge is 0.127 e. The normalized spacial score (nSPS) is 12.1. The number of aryl methyl sites for hydroxylation is 1. The highest BCUT2D eigenvalue weighted by Gasteiger charge is 2.19. The van der Waals surface area contributed by atoms with Gasteiger partial charge in [-0.25, -0.2) is 0 Å². The van der Waals surface area contributed by atoms with E-state index in [1.165, 1.54) is 0 Å². The Morgan fingerprint density at radius 3 is 2.45 bits per heavy atom. The standard InChI is InChI=1S/C16H16BrClO2/c1-10-5-4-6-13(15(10)17)16(18)12-8-7-11(19-2)9-14(12)20-3/h4-9,16H,1-3H3. The molecule has 0 fully saturated rings. The molecular formula is C16H16BrClO2. The first-order chi connectivity index (χ1) is 9.58. The molecule has 0 amide bonds. The molecule has 0 aliphatic rings. The average molecular weight is 356 g/mol. The van der Waals surface area contributed by atoms with Crippen LogP contribution < -0.4 is 9.47 Å². The Balaban J connectivity index is 2.47. The molecule has 2 rings (SSSR count). The Morgan fingerprint density at radius 2 is 1.80 bits per heavy atom. The van der Waals surface area contributed by atoms with Crippen LogP contribution in [0.1, 0.15) is 22.1 Å². The third-order valence-electron chi connectivity index (χ3n) is 3.21. The third-order valence-corrected chi connectivity index (χ3v) is 4.76. The first kappa shape index (κ1) is 15.2. The number of benzene rings is 2. The highest BCUT2D eigenvalue weighted by molar-refractivity contribution is 9.10. The lowest BCUT2D eigenvalue weighted by atomic mass is 10.0. The molecule has 1 unspecified atom stereocenters. The summed E-state index contributed by atoms with van der Waals surface area (Å²) in [6, 6.07) is 11.7. The van der Waals surface area contributed by atoms with Crippen molar-refractivity contribution in [2.45, 2.75) is 12.3 Å². The summed E-state index contributed by atoms with van der Waals surface area (Å²) in [5, 5.41) is -0.287. The predicted octanol–water partition coefficient (Wildman–Crippen LogP) is 5.10. The van der Waals surface area contributed by atoms with Crippen molar-refractivity contribution in [1.29, 1.82) is 0 Å². The van der Waals surface area contributed by atoms with Crippen molar-refractivity contribution in [3.05, 3.63) is 57.6 Å². The van der Waals surface area contributed by atoms with Gasteiger partial charge in [-0.3, -0.25) is 0 Å². The van der Waals surface area contributed by atoms with Crippen LogP contribution in [0.3, 0.4) is 0 Å².